The van der Waals surface area contributed by atoms with Crippen molar-refractivity contribution in [2.24, 2.45) is 0 Å². The summed E-state index contributed by atoms with van der Waals surface area (Å²) in [7, 11) is -3.89. The Bertz CT molecular complexity index is 1040. The minimum absolute atomic E-state index is 0.424. The first-order valence-electron chi connectivity index (χ1n) is 10.6. The lowest BCUT2D eigenvalue weighted by atomic mass is 9.83. The molecule has 6 nitrogen and oxygen atoms in total. The number of nitrogens with zero attached hydrogens (tertiary/aromatic N) is 1. The summed E-state index contributed by atoms with van der Waals surface area (Å²) in [6.07, 6.45) is 0.730. The topological polar surface area (TPSA) is 72.9 Å². The zero-order valence-electron chi connectivity index (χ0n) is 18.8. The molecule has 0 saturated carbocycles. The van der Waals surface area contributed by atoms with Gasteiger partial charge in [0.25, 0.3) is 10.1 Å². The van der Waals surface area contributed by atoms with Gasteiger partial charge < -0.3 is 9.64 Å². The summed E-state index contributed by atoms with van der Waals surface area (Å²) in [6.45, 7) is 5.76. The van der Waals surface area contributed by atoms with Crippen LogP contribution in [0.4, 0.5) is 9.18 Å². The maximum absolute atomic E-state index is 14.2. The Labute approximate surface area is 189 Å². The van der Waals surface area contributed by atoms with E-state index in [0.717, 1.165) is 11.8 Å². The molecule has 3 atom stereocenters. The van der Waals surface area contributed by atoms with E-state index in [-0.39, 0.29) is 0 Å². The van der Waals surface area contributed by atoms with Crippen molar-refractivity contribution < 1.29 is 26.5 Å². The standard InChI is InChI=1S/C24H30FNO5S/c1-24(2,3)30-23(27)26-15-9-14-20(26)22(31-32(4,28)29)21(17-10-6-5-7-11-17)18-12-8-13-19(25)16-18/h5-8,10-13,16,20-22H,9,14-15H2,1-4H3/t20?,21-,22+/m1/s1. The molecule has 2 aromatic rings. The highest BCUT2D eigenvalue weighted by Crippen LogP contribution is 2.37. The lowest BCUT2D eigenvalue weighted by Gasteiger charge is -2.36. The molecule has 1 unspecified atom stereocenters. The molecule has 0 N–H and O–H groups in total. The van der Waals surface area contributed by atoms with Crippen LogP contribution in [0.3, 0.4) is 0 Å². The fraction of sp³-hybridized carbons (Fsp3) is 0.458. The summed E-state index contributed by atoms with van der Waals surface area (Å²) >= 11 is 0. The van der Waals surface area contributed by atoms with Crippen molar-refractivity contribution in [3.63, 3.8) is 0 Å². The minimum Gasteiger partial charge on any atom is -0.444 e. The third kappa shape index (κ3) is 6.29. The Balaban J connectivity index is 2.09. The number of carbonyl (C=O) groups is 1. The van der Waals surface area contributed by atoms with Gasteiger partial charge in [0, 0.05) is 12.5 Å². The van der Waals surface area contributed by atoms with Crippen LogP contribution in [0.2, 0.25) is 0 Å². The zero-order valence-corrected chi connectivity index (χ0v) is 19.6. The van der Waals surface area contributed by atoms with Gasteiger partial charge in [-0.05, 0) is 56.9 Å². The fourth-order valence-corrected chi connectivity index (χ4v) is 4.80. The van der Waals surface area contributed by atoms with E-state index in [0.29, 0.717) is 24.9 Å². The van der Waals surface area contributed by atoms with E-state index < -0.39 is 45.7 Å². The van der Waals surface area contributed by atoms with E-state index in [2.05, 4.69) is 0 Å². The van der Waals surface area contributed by atoms with Crippen LogP contribution in [-0.4, -0.2) is 50.0 Å². The van der Waals surface area contributed by atoms with Gasteiger partial charge in [0.15, 0.2) is 0 Å². The fourth-order valence-electron chi connectivity index (χ4n) is 4.16. The van der Waals surface area contributed by atoms with Crippen molar-refractivity contribution in [3.8, 4) is 0 Å². The van der Waals surface area contributed by atoms with E-state index in [1.807, 2.05) is 30.3 Å². The molecular weight excluding hydrogens is 433 g/mol. The van der Waals surface area contributed by atoms with Crippen LogP contribution in [0, 0.1) is 5.82 Å². The van der Waals surface area contributed by atoms with E-state index in [1.165, 1.54) is 17.0 Å². The molecule has 1 heterocycles. The number of halogens is 1. The molecule has 32 heavy (non-hydrogen) atoms. The molecule has 3 rings (SSSR count). The van der Waals surface area contributed by atoms with Crippen LogP contribution in [0.5, 0.6) is 0 Å². The molecule has 1 saturated heterocycles. The van der Waals surface area contributed by atoms with Crippen LogP contribution >= 0.6 is 0 Å². The van der Waals surface area contributed by atoms with Crippen LogP contribution in [0.25, 0.3) is 0 Å². The van der Waals surface area contributed by atoms with Crippen molar-refractivity contribution in [1.29, 1.82) is 0 Å². The van der Waals surface area contributed by atoms with Crippen molar-refractivity contribution in [2.75, 3.05) is 12.8 Å². The van der Waals surface area contributed by atoms with E-state index in [4.69, 9.17) is 8.92 Å². The molecule has 1 aliphatic rings. The summed E-state index contributed by atoms with van der Waals surface area (Å²) < 4.78 is 50.0. The monoisotopic (exact) mass is 463 g/mol. The lowest BCUT2D eigenvalue weighted by Crippen LogP contribution is -2.48. The van der Waals surface area contributed by atoms with Crippen LogP contribution in [-0.2, 0) is 19.0 Å². The van der Waals surface area contributed by atoms with Gasteiger partial charge in [-0.15, -0.1) is 0 Å². The first-order valence-corrected chi connectivity index (χ1v) is 12.4. The molecule has 0 bridgehead atoms. The largest absolute Gasteiger partial charge is 0.444 e. The third-order valence-electron chi connectivity index (χ3n) is 5.29. The van der Waals surface area contributed by atoms with Crippen molar-refractivity contribution in [3.05, 3.63) is 71.5 Å². The van der Waals surface area contributed by atoms with Crippen molar-refractivity contribution >= 4 is 16.2 Å². The highest BCUT2D eigenvalue weighted by molar-refractivity contribution is 7.86. The highest BCUT2D eigenvalue weighted by atomic mass is 32.2. The number of hydrogen-bond acceptors (Lipinski definition) is 5. The van der Waals surface area contributed by atoms with Crippen LogP contribution in [0.15, 0.2) is 54.6 Å². The number of amides is 1. The third-order valence-corrected chi connectivity index (χ3v) is 5.86. The van der Waals surface area contributed by atoms with Crippen molar-refractivity contribution in [1.82, 2.24) is 4.90 Å². The number of hydrogen-bond donors (Lipinski definition) is 0. The van der Waals surface area contributed by atoms with Gasteiger partial charge in [-0.25, -0.2) is 9.18 Å². The Morgan fingerprint density at radius 3 is 2.34 bits per heavy atom. The van der Waals surface area contributed by atoms with E-state index in [9.17, 15) is 17.6 Å². The van der Waals surface area contributed by atoms with Gasteiger partial charge in [-0.2, -0.15) is 8.42 Å². The SMILES string of the molecule is CC(C)(C)OC(=O)N1CCCC1[C@H](OS(C)(=O)=O)[C@H](c1ccccc1)c1cccc(F)c1. The Kier molecular flexibility index (Phi) is 7.25. The number of likely N-dealkylation sites (tertiary alicyclic amines) is 1. The Hall–Kier alpha value is -2.45. The maximum Gasteiger partial charge on any atom is 0.410 e. The van der Waals surface area contributed by atoms with Gasteiger partial charge in [0.05, 0.1) is 12.3 Å². The molecule has 8 heteroatoms. The van der Waals surface area contributed by atoms with Crippen molar-refractivity contribution in [2.45, 2.75) is 57.3 Å². The van der Waals surface area contributed by atoms with Gasteiger partial charge in [-0.1, -0.05) is 42.5 Å². The van der Waals surface area contributed by atoms with Crippen LogP contribution in [0.1, 0.15) is 50.7 Å². The van der Waals surface area contributed by atoms with Gasteiger partial charge in [0.1, 0.15) is 17.5 Å². The molecule has 0 radical (unpaired) electrons. The average molecular weight is 464 g/mol. The molecule has 0 aliphatic carbocycles. The summed E-state index contributed by atoms with van der Waals surface area (Å²) in [5, 5.41) is 0. The second kappa shape index (κ2) is 9.58. The molecular formula is C24H30FNO5S. The quantitative estimate of drug-likeness (QED) is 0.581. The smallest absolute Gasteiger partial charge is 0.410 e. The number of carbonyl (C=O) groups excluding carboxylic acids is 1. The van der Waals surface area contributed by atoms with E-state index in [1.54, 1.807) is 32.9 Å². The van der Waals surface area contributed by atoms with Crippen LogP contribution < -0.4 is 0 Å². The summed E-state index contributed by atoms with van der Waals surface area (Å²) in [5.74, 6) is -1.05. The lowest BCUT2D eigenvalue weighted by molar-refractivity contribution is 0.00791. The van der Waals surface area contributed by atoms with E-state index >= 15 is 0 Å². The summed E-state index contributed by atoms with van der Waals surface area (Å²) in [4.78, 5) is 14.5. The molecule has 1 aliphatic heterocycles. The molecule has 1 fully saturated rings. The van der Waals surface area contributed by atoms with Gasteiger partial charge in [0.2, 0.25) is 0 Å². The number of benzene rings is 2. The maximum atomic E-state index is 14.2. The normalized spacial score (nSPS) is 18.9. The first-order chi connectivity index (χ1) is 14.9. The predicted molar refractivity (Wildman–Crippen MR) is 120 cm³/mol. The molecule has 174 valence electrons. The van der Waals surface area contributed by atoms with Gasteiger partial charge >= 0.3 is 6.09 Å². The average Bonchev–Trinajstić information content (AvgIpc) is 3.16. The molecule has 0 aromatic heterocycles. The molecule has 2 aromatic carbocycles. The van der Waals surface area contributed by atoms with Gasteiger partial charge in [-0.3, -0.25) is 4.18 Å². The predicted octanol–water partition coefficient (Wildman–Crippen LogP) is 4.70. The number of ether oxygens (including phenoxy) is 1. The first kappa shape index (κ1) is 24.2. The second-order valence-corrected chi connectivity index (χ2v) is 10.7. The molecule has 0 spiro atoms. The minimum atomic E-state index is -3.89. The molecule has 1 amide bonds. The number of rotatable bonds is 6. The summed E-state index contributed by atoms with van der Waals surface area (Å²) in [6, 6.07) is 14.7. The Morgan fingerprint density at radius 2 is 1.75 bits per heavy atom. The Morgan fingerprint density at radius 1 is 1.09 bits per heavy atom. The zero-order chi connectivity index (χ0) is 23.5. The second-order valence-electron chi connectivity index (χ2n) is 9.09. The highest BCUT2D eigenvalue weighted by Gasteiger charge is 2.43. The summed E-state index contributed by atoms with van der Waals surface area (Å²) in [5.41, 5.74) is 0.641.